The van der Waals surface area contributed by atoms with E-state index in [1.165, 1.54) is 16.8 Å². The fourth-order valence-electron chi connectivity index (χ4n) is 1.42. The van der Waals surface area contributed by atoms with E-state index in [2.05, 4.69) is 38.7 Å². The predicted octanol–water partition coefficient (Wildman–Crippen LogP) is 3.08. The zero-order chi connectivity index (χ0) is 9.14. The topological polar surface area (TPSA) is 12.9 Å². The van der Waals surface area contributed by atoms with E-state index in [9.17, 15) is 0 Å². The maximum absolute atomic E-state index is 4.42. The van der Waals surface area contributed by atoms with Gasteiger partial charge in [-0.05, 0) is 30.4 Å². The largest absolute Gasteiger partial charge is 0.261 e. The van der Waals surface area contributed by atoms with E-state index in [4.69, 9.17) is 0 Å². The Morgan fingerprint density at radius 2 is 2.08 bits per heavy atom. The van der Waals surface area contributed by atoms with Crippen LogP contribution in [0.1, 0.15) is 43.5 Å². The quantitative estimate of drug-likeness (QED) is 0.653. The third kappa shape index (κ3) is 1.84. The van der Waals surface area contributed by atoms with Gasteiger partial charge in [0.1, 0.15) is 0 Å². The van der Waals surface area contributed by atoms with Crippen molar-refractivity contribution in [3.63, 3.8) is 0 Å². The number of nitrogens with zero attached hydrogens (tertiary/aromatic N) is 1. The molecule has 0 spiro atoms. The van der Waals surface area contributed by atoms with Gasteiger partial charge in [0.15, 0.2) is 0 Å². The van der Waals surface area contributed by atoms with Crippen LogP contribution in [-0.2, 0) is 6.42 Å². The highest BCUT2D eigenvalue weighted by Crippen LogP contribution is 2.18. The molecule has 0 aliphatic rings. The Labute approximate surface area is 74.8 Å². The average Bonchev–Trinajstić information content (AvgIpc) is 2.04. The molecule has 0 N–H and O–H groups in total. The number of pyridine rings is 1. The molecule has 12 heavy (non-hydrogen) atoms. The molecular formula is C11H17N. The lowest BCUT2D eigenvalue weighted by molar-refractivity contribution is 0.821. The normalized spacial score (nSPS) is 10.8. The van der Waals surface area contributed by atoms with Crippen LogP contribution in [0.5, 0.6) is 0 Å². The Kier molecular flexibility index (Phi) is 2.85. The number of hydrogen-bond donors (Lipinski definition) is 0. The van der Waals surface area contributed by atoms with Crippen molar-refractivity contribution in [1.29, 1.82) is 0 Å². The van der Waals surface area contributed by atoms with Crippen LogP contribution in [-0.4, -0.2) is 4.98 Å². The van der Waals surface area contributed by atoms with Crippen molar-refractivity contribution < 1.29 is 0 Å². The molecule has 1 aromatic heterocycles. The van der Waals surface area contributed by atoms with Crippen molar-refractivity contribution in [3.8, 4) is 0 Å². The molecule has 0 fully saturated rings. The smallest absolute Gasteiger partial charge is 0.0435 e. The molecule has 1 heteroatoms. The monoisotopic (exact) mass is 163 g/mol. The van der Waals surface area contributed by atoms with Gasteiger partial charge in [0.05, 0.1) is 0 Å². The van der Waals surface area contributed by atoms with Crippen molar-refractivity contribution in [2.75, 3.05) is 0 Å². The van der Waals surface area contributed by atoms with Gasteiger partial charge in [0.25, 0.3) is 0 Å². The molecule has 0 aromatic carbocycles. The summed E-state index contributed by atoms with van der Waals surface area (Å²) in [6, 6.07) is 2.25. The molecule has 66 valence electrons. The van der Waals surface area contributed by atoms with Crippen LogP contribution in [0.4, 0.5) is 0 Å². The van der Waals surface area contributed by atoms with Crippen molar-refractivity contribution >= 4 is 0 Å². The summed E-state index contributed by atoms with van der Waals surface area (Å²) < 4.78 is 0. The molecule has 1 aromatic rings. The van der Waals surface area contributed by atoms with Gasteiger partial charge in [-0.2, -0.15) is 0 Å². The third-order valence-electron chi connectivity index (χ3n) is 2.10. The zero-order valence-corrected chi connectivity index (χ0v) is 8.39. The average molecular weight is 163 g/mol. The summed E-state index contributed by atoms with van der Waals surface area (Å²) in [5.41, 5.74) is 3.91. The van der Waals surface area contributed by atoms with Gasteiger partial charge >= 0.3 is 0 Å². The maximum Gasteiger partial charge on any atom is 0.0435 e. The first-order valence-corrected chi connectivity index (χ1v) is 4.60. The molecule has 0 aliphatic heterocycles. The van der Waals surface area contributed by atoms with Gasteiger partial charge in [-0.15, -0.1) is 0 Å². The first-order valence-electron chi connectivity index (χ1n) is 4.60. The molecule has 0 aliphatic carbocycles. The van der Waals surface area contributed by atoms with Crippen LogP contribution in [0.15, 0.2) is 12.3 Å². The summed E-state index contributed by atoms with van der Waals surface area (Å²) in [7, 11) is 0. The standard InChI is InChI=1S/C11H17N/c1-5-11-10(8(2)3)6-9(4)7-12-11/h6-8H,5H2,1-4H3. The fraction of sp³-hybridized carbons (Fsp3) is 0.545. The Balaban J connectivity index is 3.12. The second kappa shape index (κ2) is 3.70. The Morgan fingerprint density at radius 3 is 2.58 bits per heavy atom. The fourth-order valence-corrected chi connectivity index (χ4v) is 1.42. The molecule has 0 radical (unpaired) electrons. The molecule has 0 atom stereocenters. The number of aryl methyl sites for hydroxylation is 2. The minimum atomic E-state index is 0.590. The summed E-state index contributed by atoms with van der Waals surface area (Å²) in [5.74, 6) is 0.590. The summed E-state index contributed by atoms with van der Waals surface area (Å²) in [4.78, 5) is 4.42. The molecule has 1 nitrogen and oxygen atoms in total. The summed E-state index contributed by atoms with van der Waals surface area (Å²) >= 11 is 0. The first kappa shape index (κ1) is 9.24. The number of aromatic nitrogens is 1. The lowest BCUT2D eigenvalue weighted by Gasteiger charge is -2.10. The Bertz CT molecular complexity index is 264. The van der Waals surface area contributed by atoms with Gasteiger partial charge in [-0.1, -0.05) is 26.8 Å². The lowest BCUT2D eigenvalue weighted by Crippen LogP contribution is -1.98. The van der Waals surface area contributed by atoms with E-state index in [0.29, 0.717) is 5.92 Å². The second-order valence-electron chi connectivity index (χ2n) is 3.56. The molecule has 0 unspecified atom stereocenters. The van der Waals surface area contributed by atoms with E-state index in [1.807, 2.05) is 6.20 Å². The molecule has 1 heterocycles. The van der Waals surface area contributed by atoms with Crippen molar-refractivity contribution in [2.24, 2.45) is 0 Å². The molecule has 0 saturated heterocycles. The van der Waals surface area contributed by atoms with Gasteiger partial charge in [0.2, 0.25) is 0 Å². The Hall–Kier alpha value is -0.850. The van der Waals surface area contributed by atoms with E-state index in [0.717, 1.165) is 6.42 Å². The van der Waals surface area contributed by atoms with Crippen molar-refractivity contribution in [2.45, 2.75) is 40.0 Å². The highest BCUT2D eigenvalue weighted by atomic mass is 14.7. The minimum absolute atomic E-state index is 0.590. The van der Waals surface area contributed by atoms with Crippen LogP contribution in [0, 0.1) is 6.92 Å². The van der Waals surface area contributed by atoms with Crippen LogP contribution in [0.25, 0.3) is 0 Å². The summed E-state index contributed by atoms with van der Waals surface area (Å²) in [5, 5.41) is 0. The molecule has 0 saturated carbocycles. The van der Waals surface area contributed by atoms with E-state index >= 15 is 0 Å². The molecule has 1 rings (SSSR count). The lowest BCUT2D eigenvalue weighted by atomic mass is 9.99. The molecular weight excluding hydrogens is 146 g/mol. The third-order valence-corrected chi connectivity index (χ3v) is 2.10. The van der Waals surface area contributed by atoms with E-state index < -0.39 is 0 Å². The van der Waals surface area contributed by atoms with Crippen LogP contribution in [0.3, 0.4) is 0 Å². The van der Waals surface area contributed by atoms with E-state index in [1.54, 1.807) is 0 Å². The van der Waals surface area contributed by atoms with Gasteiger partial charge in [-0.25, -0.2) is 0 Å². The summed E-state index contributed by atoms with van der Waals surface area (Å²) in [6.07, 6.45) is 2.98. The van der Waals surface area contributed by atoms with Crippen molar-refractivity contribution in [1.82, 2.24) is 4.98 Å². The summed E-state index contributed by atoms with van der Waals surface area (Å²) in [6.45, 7) is 8.69. The highest BCUT2D eigenvalue weighted by Gasteiger charge is 2.05. The maximum atomic E-state index is 4.42. The van der Waals surface area contributed by atoms with E-state index in [-0.39, 0.29) is 0 Å². The van der Waals surface area contributed by atoms with Gasteiger partial charge < -0.3 is 0 Å². The minimum Gasteiger partial charge on any atom is -0.261 e. The first-order chi connectivity index (χ1) is 5.65. The molecule has 0 bridgehead atoms. The van der Waals surface area contributed by atoms with Crippen molar-refractivity contribution in [3.05, 3.63) is 29.1 Å². The van der Waals surface area contributed by atoms with Gasteiger partial charge in [-0.3, -0.25) is 4.98 Å². The van der Waals surface area contributed by atoms with Crippen LogP contribution >= 0.6 is 0 Å². The van der Waals surface area contributed by atoms with Gasteiger partial charge in [0, 0.05) is 11.9 Å². The Morgan fingerprint density at radius 1 is 1.42 bits per heavy atom. The zero-order valence-electron chi connectivity index (χ0n) is 8.39. The number of rotatable bonds is 2. The SMILES string of the molecule is CCc1ncc(C)cc1C(C)C. The predicted molar refractivity (Wildman–Crippen MR) is 52.4 cm³/mol. The second-order valence-corrected chi connectivity index (χ2v) is 3.56. The molecule has 0 amide bonds. The van der Waals surface area contributed by atoms with Crippen LogP contribution < -0.4 is 0 Å². The highest BCUT2D eigenvalue weighted by molar-refractivity contribution is 5.27. The number of hydrogen-bond acceptors (Lipinski definition) is 1. The van der Waals surface area contributed by atoms with Crippen LogP contribution in [0.2, 0.25) is 0 Å².